The van der Waals surface area contributed by atoms with Crippen molar-refractivity contribution in [3.05, 3.63) is 17.0 Å². The summed E-state index contributed by atoms with van der Waals surface area (Å²) in [6, 6.07) is 0.479. The molecule has 1 aromatic heterocycles. The molecule has 21 heavy (non-hydrogen) atoms. The quantitative estimate of drug-likeness (QED) is 0.866. The summed E-state index contributed by atoms with van der Waals surface area (Å²) in [5, 5.41) is 7.47. The first-order chi connectivity index (χ1) is 10.0. The second-order valence-electron chi connectivity index (χ2n) is 6.06. The van der Waals surface area contributed by atoms with Crippen molar-refractivity contribution in [3.63, 3.8) is 0 Å². The van der Waals surface area contributed by atoms with E-state index in [2.05, 4.69) is 22.2 Å². The van der Waals surface area contributed by atoms with Crippen molar-refractivity contribution in [1.29, 1.82) is 0 Å². The number of hydrogen-bond acceptors (Lipinski definition) is 3. The minimum absolute atomic E-state index is 0.104. The van der Waals surface area contributed by atoms with Crippen LogP contribution in [0.1, 0.15) is 43.1 Å². The van der Waals surface area contributed by atoms with E-state index in [9.17, 15) is 4.79 Å². The summed E-state index contributed by atoms with van der Waals surface area (Å²) < 4.78 is 1.84. The van der Waals surface area contributed by atoms with Crippen LogP contribution in [0.5, 0.6) is 0 Å². The predicted molar refractivity (Wildman–Crippen MR) is 84.3 cm³/mol. The van der Waals surface area contributed by atoms with Crippen molar-refractivity contribution in [2.45, 2.75) is 52.5 Å². The largest absolute Gasteiger partial charge is 0.354 e. The Hall–Kier alpha value is -1.36. The number of hydrogen-bond donors (Lipinski definition) is 1. The first kappa shape index (κ1) is 16.0. The molecule has 1 amide bonds. The Labute approximate surface area is 127 Å². The average molecular weight is 292 g/mol. The maximum Gasteiger partial charge on any atom is 0.224 e. The van der Waals surface area contributed by atoms with Gasteiger partial charge in [-0.3, -0.25) is 14.4 Å². The highest BCUT2D eigenvalue weighted by Crippen LogP contribution is 2.14. The SMILES string of the molecule is CC[C@H](CNC(=O)Cc1c(C)nn(C)c1C)N1CCCC1. The van der Waals surface area contributed by atoms with E-state index in [1.807, 2.05) is 25.6 Å². The molecule has 2 rings (SSSR count). The van der Waals surface area contributed by atoms with E-state index in [1.54, 1.807) is 0 Å². The zero-order valence-electron chi connectivity index (χ0n) is 13.8. The number of carbonyl (C=O) groups is 1. The predicted octanol–water partition coefficient (Wildman–Crippen LogP) is 1.57. The second-order valence-corrected chi connectivity index (χ2v) is 6.06. The molecule has 1 fully saturated rings. The van der Waals surface area contributed by atoms with Gasteiger partial charge in [-0.2, -0.15) is 5.10 Å². The molecule has 1 aromatic rings. The number of aromatic nitrogens is 2. The van der Waals surface area contributed by atoms with Crippen LogP contribution in [0.25, 0.3) is 0 Å². The maximum atomic E-state index is 12.2. The summed E-state index contributed by atoms with van der Waals surface area (Å²) in [6.07, 6.45) is 4.10. The Kier molecular flexibility index (Phi) is 5.39. The lowest BCUT2D eigenvalue weighted by Crippen LogP contribution is -2.42. The lowest BCUT2D eigenvalue weighted by molar-refractivity contribution is -0.120. The molecule has 1 saturated heterocycles. The molecule has 0 bridgehead atoms. The van der Waals surface area contributed by atoms with Crippen LogP contribution in [0.4, 0.5) is 0 Å². The molecule has 0 radical (unpaired) electrons. The van der Waals surface area contributed by atoms with Gasteiger partial charge < -0.3 is 5.32 Å². The minimum Gasteiger partial charge on any atom is -0.354 e. The third-order valence-corrected chi connectivity index (χ3v) is 4.66. The fraction of sp³-hybridized carbons (Fsp3) is 0.750. The van der Waals surface area contributed by atoms with Crippen molar-refractivity contribution in [3.8, 4) is 0 Å². The number of nitrogens with zero attached hydrogens (tertiary/aromatic N) is 3. The highest BCUT2D eigenvalue weighted by Gasteiger charge is 2.21. The number of carbonyl (C=O) groups excluding carboxylic acids is 1. The van der Waals surface area contributed by atoms with E-state index in [1.165, 1.54) is 25.9 Å². The molecule has 1 aliphatic rings. The summed E-state index contributed by atoms with van der Waals surface area (Å²) in [7, 11) is 1.92. The topological polar surface area (TPSA) is 50.2 Å². The van der Waals surface area contributed by atoms with Gasteiger partial charge in [0.05, 0.1) is 12.1 Å². The highest BCUT2D eigenvalue weighted by molar-refractivity contribution is 5.79. The highest BCUT2D eigenvalue weighted by atomic mass is 16.1. The summed E-state index contributed by atoms with van der Waals surface area (Å²) in [4.78, 5) is 14.7. The molecule has 118 valence electrons. The summed E-state index contributed by atoms with van der Waals surface area (Å²) in [5.41, 5.74) is 3.09. The van der Waals surface area contributed by atoms with Crippen LogP contribution < -0.4 is 5.32 Å². The Bertz CT molecular complexity index is 489. The van der Waals surface area contributed by atoms with E-state index in [0.717, 1.165) is 29.9 Å². The third-order valence-electron chi connectivity index (χ3n) is 4.66. The number of likely N-dealkylation sites (tertiary alicyclic amines) is 1. The molecular formula is C16H28N4O. The molecule has 0 saturated carbocycles. The van der Waals surface area contributed by atoms with Crippen molar-refractivity contribution in [2.24, 2.45) is 7.05 Å². The van der Waals surface area contributed by atoms with E-state index in [4.69, 9.17) is 0 Å². The van der Waals surface area contributed by atoms with Crippen LogP contribution in [-0.2, 0) is 18.3 Å². The van der Waals surface area contributed by atoms with Crippen molar-refractivity contribution in [1.82, 2.24) is 20.0 Å². The Morgan fingerprint density at radius 2 is 2.00 bits per heavy atom. The lowest BCUT2D eigenvalue weighted by Gasteiger charge is -2.26. The van der Waals surface area contributed by atoms with E-state index in [-0.39, 0.29) is 5.91 Å². The van der Waals surface area contributed by atoms with Gasteiger partial charge in [-0.15, -0.1) is 0 Å². The molecule has 5 heteroatoms. The van der Waals surface area contributed by atoms with Gasteiger partial charge in [0, 0.05) is 30.9 Å². The molecule has 1 atom stereocenters. The van der Waals surface area contributed by atoms with E-state index < -0.39 is 0 Å². The number of amides is 1. The molecule has 0 spiro atoms. The lowest BCUT2D eigenvalue weighted by atomic mass is 10.1. The molecule has 5 nitrogen and oxygen atoms in total. The molecule has 0 aromatic carbocycles. The molecule has 2 heterocycles. The maximum absolute atomic E-state index is 12.2. The van der Waals surface area contributed by atoms with Gasteiger partial charge in [0.15, 0.2) is 0 Å². The smallest absolute Gasteiger partial charge is 0.224 e. The second kappa shape index (κ2) is 7.07. The van der Waals surface area contributed by atoms with Crippen LogP contribution in [0.15, 0.2) is 0 Å². The Morgan fingerprint density at radius 3 is 2.52 bits per heavy atom. The van der Waals surface area contributed by atoms with Gasteiger partial charge in [0.2, 0.25) is 5.91 Å². The van der Waals surface area contributed by atoms with E-state index >= 15 is 0 Å². The van der Waals surface area contributed by atoms with Crippen molar-refractivity contribution >= 4 is 5.91 Å². The van der Waals surface area contributed by atoms with Crippen LogP contribution in [0.3, 0.4) is 0 Å². The van der Waals surface area contributed by atoms with Gasteiger partial charge in [0.1, 0.15) is 0 Å². The summed E-state index contributed by atoms with van der Waals surface area (Å²) >= 11 is 0. The van der Waals surface area contributed by atoms with Crippen molar-refractivity contribution < 1.29 is 4.79 Å². The fourth-order valence-corrected chi connectivity index (χ4v) is 3.17. The average Bonchev–Trinajstić information content (AvgIpc) is 3.05. The minimum atomic E-state index is 0.104. The van der Waals surface area contributed by atoms with Crippen LogP contribution in [0.2, 0.25) is 0 Å². The van der Waals surface area contributed by atoms with Crippen LogP contribution in [0, 0.1) is 13.8 Å². The van der Waals surface area contributed by atoms with Crippen molar-refractivity contribution in [2.75, 3.05) is 19.6 Å². The summed E-state index contributed by atoms with van der Waals surface area (Å²) in [6.45, 7) is 9.29. The van der Waals surface area contributed by atoms with Gasteiger partial charge in [-0.05, 0) is 46.2 Å². The van der Waals surface area contributed by atoms with Gasteiger partial charge >= 0.3 is 0 Å². The zero-order valence-corrected chi connectivity index (χ0v) is 13.8. The monoisotopic (exact) mass is 292 g/mol. The van der Waals surface area contributed by atoms with Gasteiger partial charge in [0.25, 0.3) is 0 Å². The number of nitrogens with one attached hydrogen (secondary N) is 1. The molecule has 0 aliphatic carbocycles. The first-order valence-corrected chi connectivity index (χ1v) is 8.02. The Morgan fingerprint density at radius 1 is 1.33 bits per heavy atom. The normalized spacial score (nSPS) is 17.1. The number of rotatable bonds is 6. The molecule has 1 aliphatic heterocycles. The van der Waals surface area contributed by atoms with Gasteiger partial charge in [-0.25, -0.2) is 0 Å². The Balaban J connectivity index is 1.86. The first-order valence-electron chi connectivity index (χ1n) is 8.02. The fourth-order valence-electron chi connectivity index (χ4n) is 3.17. The molecule has 0 unspecified atom stereocenters. The molecule has 1 N–H and O–H groups in total. The van der Waals surface area contributed by atoms with E-state index in [0.29, 0.717) is 12.5 Å². The van der Waals surface area contributed by atoms with Crippen LogP contribution in [-0.4, -0.2) is 46.3 Å². The molecular weight excluding hydrogens is 264 g/mol. The van der Waals surface area contributed by atoms with Crippen LogP contribution >= 0.6 is 0 Å². The van der Waals surface area contributed by atoms with Gasteiger partial charge in [-0.1, -0.05) is 6.92 Å². The summed E-state index contributed by atoms with van der Waals surface area (Å²) in [5.74, 6) is 0.104. The standard InChI is InChI=1S/C16H28N4O/c1-5-14(20-8-6-7-9-20)11-17-16(21)10-15-12(2)18-19(4)13(15)3/h14H,5-11H2,1-4H3,(H,17,21)/t14-/m1/s1. The third kappa shape index (κ3) is 3.84. The number of aryl methyl sites for hydroxylation is 2. The zero-order chi connectivity index (χ0) is 15.4.